The Morgan fingerprint density at radius 2 is 1.94 bits per heavy atom. The molecule has 164 valence electrons. The highest BCUT2D eigenvalue weighted by Gasteiger charge is 2.16. The number of thioether (sulfide) groups is 1. The molecule has 2 aromatic heterocycles. The molecule has 0 aliphatic carbocycles. The Morgan fingerprint density at radius 1 is 1.12 bits per heavy atom. The molecule has 0 aliphatic rings. The number of aryl methyl sites for hydroxylation is 1. The zero-order valence-electron chi connectivity index (χ0n) is 17.4. The average Bonchev–Trinajstić information content (AvgIpc) is 3.45. The lowest BCUT2D eigenvalue weighted by atomic mass is 10.1. The van der Waals surface area contributed by atoms with Gasteiger partial charge in [0.2, 0.25) is 0 Å². The van der Waals surface area contributed by atoms with Crippen molar-refractivity contribution in [1.29, 1.82) is 0 Å². The first-order valence-electron chi connectivity index (χ1n) is 10.0. The fourth-order valence-electron chi connectivity index (χ4n) is 3.32. The molecule has 1 amide bonds. The number of oxazole rings is 1. The number of rotatable bonds is 6. The Labute approximate surface area is 191 Å². The maximum Gasteiger partial charge on any atom is 0.257 e. The first-order chi connectivity index (χ1) is 16.1. The molecule has 0 bridgehead atoms. The Balaban J connectivity index is 1.36. The largest absolute Gasteiger partial charge is 0.431 e. The zero-order valence-corrected chi connectivity index (χ0v) is 18.2. The molecule has 5 rings (SSSR count). The van der Waals surface area contributed by atoms with Gasteiger partial charge in [-0.3, -0.25) is 4.79 Å². The van der Waals surface area contributed by atoms with Gasteiger partial charge in [0.15, 0.2) is 11.4 Å². The first kappa shape index (κ1) is 20.8. The fourth-order valence-corrected chi connectivity index (χ4v) is 4.16. The highest BCUT2D eigenvalue weighted by atomic mass is 32.2. The lowest BCUT2D eigenvalue weighted by molar-refractivity contribution is 0.102. The number of carbonyl (C=O) groups excluding carboxylic acids is 1. The van der Waals surface area contributed by atoms with Crippen LogP contribution in [0.15, 0.2) is 76.4 Å². The highest BCUT2D eigenvalue weighted by Crippen LogP contribution is 2.28. The van der Waals surface area contributed by atoms with Crippen LogP contribution >= 0.6 is 11.8 Å². The number of hydrogen-bond acceptors (Lipinski definition) is 7. The summed E-state index contributed by atoms with van der Waals surface area (Å²) in [6, 6.07) is 19.0. The molecule has 0 saturated carbocycles. The van der Waals surface area contributed by atoms with Crippen LogP contribution in [0.4, 0.5) is 10.1 Å². The number of aromatic nitrogens is 5. The van der Waals surface area contributed by atoms with Gasteiger partial charge in [-0.05, 0) is 59.3 Å². The monoisotopic (exact) mass is 460 g/mol. The predicted octanol–water partition coefficient (Wildman–Crippen LogP) is 4.80. The average molecular weight is 460 g/mol. The molecule has 0 radical (unpaired) electrons. The van der Waals surface area contributed by atoms with Crippen molar-refractivity contribution in [2.75, 3.05) is 5.32 Å². The summed E-state index contributed by atoms with van der Waals surface area (Å²) in [5.41, 5.74) is 3.26. The van der Waals surface area contributed by atoms with Crippen LogP contribution < -0.4 is 5.32 Å². The van der Waals surface area contributed by atoms with Gasteiger partial charge in [0.05, 0.1) is 11.4 Å². The van der Waals surface area contributed by atoms with Crippen molar-refractivity contribution >= 4 is 34.5 Å². The molecule has 33 heavy (non-hydrogen) atoms. The number of anilines is 1. The summed E-state index contributed by atoms with van der Waals surface area (Å²) < 4.78 is 21.7. The van der Waals surface area contributed by atoms with Crippen molar-refractivity contribution in [3.05, 3.63) is 89.5 Å². The maximum atomic E-state index is 14.5. The SMILES string of the molecule is Cc1nnnn1-c1ccc(F)c(NC(=O)c2ccccc2CSc2nc3ccccc3o2)c1. The Bertz CT molecular complexity index is 1430. The van der Waals surface area contributed by atoms with Crippen LogP contribution in [0, 0.1) is 12.7 Å². The van der Waals surface area contributed by atoms with Crippen molar-refractivity contribution < 1.29 is 13.6 Å². The minimum Gasteiger partial charge on any atom is -0.431 e. The number of tetrazole rings is 1. The van der Waals surface area contributed by atoms with E-state index >= 15 is 0 Å². The van der Waals surface area contributed by atoms with Gasteiger partial charge in [-0.2, -0.15) is 4.68 Å². The van der Waals surface area contributed by atoms with Gasteiger partial charge in [-0.25, -0.2) is 9.37 Å². The summed E-state index contributed by atoms with van der Waals surface area (Å²) in [6.07, 6.45) is 0. The van der Waals surface area contributed by atoms with Crippen LogP contribution in [0.5, 0.6) is 0 Å². The molecular weight excluding hydrogens is 443 g/mol. The lowest BCUT2D eigenvalue weighted by Crippen LogP contribution is -2.15. The second-order valence-corrected chi connectivity index (χ2v) is 8.08. The van der Waals surface area contributed by atoms with Crippen LogP contribution in [0.3, 0.4) is 0 Å². The van der Waals surface area contributed by atoms with Gasteiger partial charge < -0.3 is 9.73 Å². The van der Waals surface area contributed by atoms with E-state index in [9.17, 15) is 9.18 Å². The summed E-state index contributed by atoms with van der Waals surface area (Å²) >= 11 is 1.39. The second kappa shape index (κ2) is 8.83. The second-order valence-electron chi connectivity index (χ2n) is 7.15. The van der Waals surface area contributed by atoms with E-state index < -0.39 is 11.7 Å². The Morgan fingerprint density at radius 3 is 2.76 bits per heavy atom. The van der Waals surface area contributed by atoms with E-state index in [1.165, 1.54) is 28.6 Å². The number of hydrogen-bond donors (Lipinski definition) is 1. The molecule has 0 aliphatic heterocycles. The predicted molar refractivity (Wildman–Crippen MR) is 122 cm³/mol. The number of nitrogens with one attached hydrogen (secondary N) is 1. The number of fused-ring (bicyclic) bond motifs is 1. The van der Waals surface area contributed by atoms with Gasteiger partial charge in [0, 0.05) is 11.3 Å². The zero-order chi connectivity index (χ0) is 22.8. The Hall–Kier alpha value is -4.05. The van der Waals surface area contributed by atoms with Crippen molar-refractivity contribution in [3.8, 4) is 5.69 Å². The molecule has 10 heteroatoms. The van der Waals surface area contributed by atoms with Crippen molar-refractivity contribution in [2.24, 2.45) is 0 Å². The van der Waals surface area contributed by atoms with Gasteiger partial charge >= 0.3 is 0 Å². The van der Waals surface area contributed by atoms with E-state index in [4.69, 9.17) is 4.42 Å². The lowest BCUT2D eigenvalue weighted by Gasteiger charge is -2.11. The van der Waals surface area contributed by atoms with E-state index in [1.807, 2.05) is 36.4 Å². The summed E-state index contributed by atoms with van der Waals surface area (Å²) in [4.78, 5) is 17.5. The summed E-state index contributed by atoms with van der Waals surface area (Å²) in [7, 11) is 0. The van der Waals surface area contributed by atoms with Crippen LogP contribution in [0.2, 0.25) is 0 Å². The topological polar surface area (TPSA) is 98.7 Å². The number of benzene rings is 3. The maximum absolute atomic E-state index is 14.5. The number of carbonyl (C=O) groups is 1. The molecule has 1 N–H and O–H groups in total. The number of nitrogens with zero attached hydrogens (tertiary/aromatic N) is 5. The van der Waals surface area contributed by atoms with Crippen LogP contribution in [-0.4, -0.2) is 31.1 Å². The van der Waals surface area contributed by atoms with E-state index in [0.29, 0.717) is 33.6 Å². The summed E-state index contributed by atoms with van der Waals surface area (Å²) in [5, 5.41) is 14.5. The fraction of sp³-hybridized carbons (Fsp3) is 0.0870. The molecule has 0 fully saturated rings. The molecule has 0 spiro atoms. The van der Waals surface area contributed by atoms with Crippen LogP contribution in [-0.2, 0) is 5.75 Å². The van der Waals surface area contributed by atoms with Gasteiger partial charge in [-0.15, -0.1) is 5.10 Å². The first-order valence-corrected chi connectivity index (χ1v) is 11.0. The van der Waals surface area contributed by atoms with Crippen molar-refractivity contribution in [2.45, 2.75) is 17.9 Å². The summed E-state index contributed by atoms with van der Waals surface area (Å²) in [6.45, 7) is 1.73. The highest BCUT2D eigenvalue weighted by molar-refractivity contribution is 7.98. The quantitative estimate of drug-likeness (QED) is 0.364. The number of amides is 1. The smallest absolute Gasteiger partial charge is 0.257 e. The molecule has 8 nitrogen and oxygen atoms in total. The molecule has 5 aromatic rings. The normalized spacial score (nSPS) is 11.1. The third-order valence-corrected chi connectivity index (χ3v) is 5.83. The van der Waals surface area contributed by atoms with E-state index in [1.54, 1.807) is 25.1 Å². The van der Waals surface area contributed by atoms with Crippen LogP contribution in [0.1, 0.15) is 21.7 Å². The molecular formula is C23H17FN6O2S. The van der Waals surface area contributed by atoms with Crippen LogP contribution in [0.25, 0.3) is 16.8 Å². The molecule has 3 aromatic carbocycles. The molecule has 0 saturated heterocycles. The van der Waals surface area contributed by atoms with Crippen molar-refractivity contribution in [3.63, 3.8) is 0 Å². The van der Waals surface area contributed by atoms with Gasteiger partial charge in [-0.1, -0.05) is 42.1 Å². The minimum absolute atomic E-state index is 0.0359. The van der Waals surface area contributed by atoms with E-state index in [-0.39, 0.29) is 5.69 Å². The van der Waals surface area contributed by atoms with E-state index in [2.05, 4.69) is 25.8 Å². The number of para-hydroxylation sites is 2. The third-order valence-electron chi connectivity index (χ3n) is 4.96. The van der Waals surface area contributed by atoms with Crippen molar-refractivity contribution in [1.82, 2.24) is 25.2 Å². The third kappa shape index (κ3) is 4.33. The van der Waals surface area contributed by atoms with Gasteiger partial charge in [0.1, 0.15) is 11.3 Å². The molecule has 0 unspecified atom stereocenters. The number of halogens is 1. The standard InChI is InChI=1S/C23H17FN6O2S/c1-14-27-28-29-30(14)16-10-11-18(24)20(12-16)25-22(31)17-7-3-2-6-15(17)13-33-23-26-19-8-4-5-9-21(19)32-23/h2-12H,13H2,1H3,(H,25,31). The Kier molecular flexibility index (Phi) is 5.57. The van der Waals surface area contributed by atoms with Gasteiger partial charge in [0.25, 0.3) is 11.1 Å². The molecule has 2 heterocycles. The minimum atomic E-state index is -0.559. The molecule has 0 atom stereocenters. The summed E-state index contributed by atoms with van der Waals surface area (Å²) in [5.74, 6) is 0.0211. The van der Waals surface area contributed by atoms with E-state index in [0.717, 1.165) is 11.1 Å².